The van der Waals surface area contributed by atoms with Crippen LogP contribution in [0, 0.1) is 5.92 Å². The highest BCUT2D eigenvalue weighted by molar-refractivity contribution is 5.87. The number of urea groups is 1. The summed E-state index contributed by atoms with van der Waals surface area (Å²) in [5, 5.41) is 5.35. The number of nitrogens with zero attached hydrogens (tertiary/aromatic N) is 4. The fourth-order valence-corrected chi connectivity index (χ4v) is 2.92. The zero-order chi connectivity index (χ0) is 17.6. The average molecular weight is 342 g/mol. The molecule has 3 rings (SSSR count). The first-order valence-corrected chi connectivity index (χ1v) is 8.35. The number of pyridine rings is 1. The molecule has 1 aliphatic heterocycles. The van der Waals surface area contributed by atoms with Gasteiger partial charge in [-0.15, -0.1) is 0 Å². The molecule has 132 valence electrons. The lowest BCUT2D eigenvalue weighted by Crippen LogP contribution is -2.40. The second-order valence-electron chi connectivity index (χ2n) is 6.16. The van der Waals surface area contributed by atoms with Crippen molar-refractivity contribution in [2.45, 2.75) is 12.8 Å². The summed E-state index contributed by atoms with van der Waals surface area (Å²) in [6, 6.07) is 3.63. The van der Waals surface area contributed by atoms with Crippen LogP contribution in [0.1, 0.15) is 12.8 Å². The summed E-state index contributed by atoms with van der Waals surface area (Å²) in [5.41, 5.74) is 0.855. The van der Waals surface area contributed by atoms with E-state index in [2.05, 4.69) is 25.5 Å². The van der Waals surface area contributed by atoms with E-state index in [4.69, 9.17) is 0 Å². The molecule has 1 saturated heterocycles. The summed E-state index contributed by atoms with van der Waals surface area (Å²) in [7, 11) is 1.61. The van der Waals surface area contributed by atoms with Crippen LogP contribution in [0.25, 0.3) is 0 Å². The number of nitrogens with one attached hydrogen (secondary N) is 2. The predicted octanol–water partition coefficient (Wildman–Crippen LogP) is 1.21. The van der Waals surface area contributed by atoms with Gasteiger partial charge in [-0.1, -0.05) is 0 Å². The molecule has 2 amide bonds. The van der Waals surface area contributed by atoms with E-state index in [1.165, 1.54) is 16.5 Å². The lowest BCUT2D eigenvalue weighted by atomic mass is 9.96. The number of carbonyl (C=O) groups excluding carboxylic acids is 1. The van der Waals surface area contributed by atoms with Crippen LogP contribution < -0.4 is 21.1 Å². The van der Waals surface area contributed by atoms with Crippen molar-refractivity contribution < 1.29 is 4.79 Å². The van der Waals surface area contributed by atoms with Crippen LogP contribution in [0.3, 0.4) is 0 Å². The molecule has 3 heterocycles. The summed E-state index contributed by atoms with van der Waals surface area (Å²) in [6.07, 6.45) is 8.64. The molecular weight excluding hydrogens is 320 g/mol. The molecule has 0 aliphatic carbocycles. The van der Waals surface area contributed by atoms with Gasteiger partial charge < -0.3 is 14.8 Å². The Morgan fingerprint density at radius 2 is 1.96 bits per heavy atom. The van der Waals surface area contributed by atoms with Crippen LogP contribution in [0.5, 0.6) is 0 Å². The van der Waals surface area contributed by atoms with Gasteiger partial charge in [0.05, 0.1) is 0 Å². The molecule has 8 heteroatoms. The van der Waals surface area contributed by atoms with Gasteiger partial charge in [0.1, 0.15) is 0 Å². The highest BCUT2D eigenvalue weighted by atomic mass is 16.2. The van der Waals surface area contributed by atoms with Gasteiger partial charge in [0, 0.05) is 57.2 Å². The molecular formula is C17H22N6O2. The summed E-state index contributed by atoms with van der Waals surface area (Å²) < 4.78 is 1.37. The van der Waals surface area contributed by atoms with Crippen LogP contribution in [0.4, 0.5) is 16.3 Å². The number of amides is 2. The van der Waals surface area contributed by atoms with Crippen molar-refractivity contribution in [3.8, 4) is 0 Å². The molecule has 2 aromatic rings. The van der Waals surface area contributed by atoms with E-state index in [-0.39, 0.29) is 11.4 Å². The number of aryl methyl sites for hydroxylation is 1. The molecule has 0 atom stereocenters. The molecule has 0 unspecified atom stereocenters. The van der Waals surface area contributed by atoms with E-state index < -0.39 is 6.03 Å². The smallest absolute Gasteiger partial charge is 0.320 e. The van der Waals surface area contributed by atoms with E-state index in [0.29, 0.717) is 12.5 Å². The number of rotatable bonds is 4. The molecule has 2 N–H and O–H groups in total. The molecule has 0 radical (unpaired) electrons. The molecule has 1 aliphatic rings. The molecule has 25 heavy (non-hydrogen) atoms. The van der Waals surface area contributed by atoms with Crippen molar-refractivity contribution in [2.75, 3.05) is 29.9 Å². The minimum absolute atomic E-state index is 0.0370. The van der Waals surface area contributed by atoms with Gasteiger partial charge in [-0.25, -0.2) is 9.78 Å². The van der Waals surface area contributed by atoms with Gasteiger partial charge in [0.25, 0.3) is 5.56 Å². The Morgan fingerprint density at radius 3 is 2.68 bits per heavy atom. The first-order chi connectivity index (χ1) is 12.1. The zero-order valence-corrected chi connectivity index (χ0v) is 14.2. The Morgan fingerprint density at radius 1 is 1.24 bits per heavy atom. The van der Waals surface area contributed by atoms with E-state index in [1.807, 2.05) is 12.1 Å². The van der Waals surface area contributed by atoms with Gasteiger partial charge in [-0.2, -0.15) is 0 Å². The zero-order valence-electron chi connectivity index (χ0n) is 14.2. The summed E-state index contributed by atoms with van der Waals surface area (Å²) in [4.78, 5) is 34.1. The number of piperidine rings is 1. The summed E-state index contributed by atoms with van der Waals surface area (Å²) >= 11 is 0. The number of aromatic nitrogens is 3. The molecule has 0 saturated carbocycles. The predicted molar refractivity (Wildman–Crippen MR) is 95.7 cm³/mol. The Bertz CT molecular complexity index is 768. The highest BCUT2D eigenvalue weighted by Gasteiger charge is 2.20. The van der Waals surface area contributed by atoms with Crippen molar-refractivity contribution in [1.29, 1.82) is 0 Å². The molecule has 0 bridgehead atoms. The third-order valence-corrected chi connectivity index (χ3v) is 4.44. The molecule has 0 spiro atoms. The quantitative estimate of drug-likeness (QED) is 0.871. The SMILES string of the molecule is Cn1ccnc(NC(=O)NCC2CCN(c3ccncc3)CC2)c1=O. The van der Waals surface area contributed by atoms with Gasteiger partial charge in [-0.3, -0.25) is 15.1 Å². The lowest BCUT2D eigenvalue weighted by Gasteiger charge is -2.33. The average Bonchev–Trinajstić information content (AvgIpc) is 2.65. The number of anilines is 2. The largest absolute Gasteiger partial charge is 0.371 e. The van der Waals surface area contributed by atoms with Crippen molar-refractivity contribution in [3.63, 3.8) is 0 Å². The third kappa shape index (κ3) is 4.34. The molecule has 0 aromatic carbocycles. The number of hydrogen-bond donors (Lipinski definition) is 2. The van der Waals surface area contributed by atoms with Crippen molar-refractivity contribution >= 4 is 17.5 Å². The Labute approximate surface area is 145 Å². The first kappa shape index (κ1) is 16.9. The normalized spacial score (nSPS) is 15.0. The molecule has 2 aromatic heterocycles. The topological polar surface area (TPSA) is 92.2 Å². The highest BCUT2D eigenvalue weighted by Crippen LogP contribution is 2.22. The van der Waals surface area contributed by atoms with Crippen LogP contribution in [-0.2, 0) is 7.05 Å². The second-order valence-corrected chi connectivity index (χ2v) is 6.16. The van der Waals surface area contributed by atoms with Crippen molar-refractivity contribution in [3.05, 3.63) is 47.3 Å². The Kier molecular flexibility index (Phi) is 5.27. The van der Waals surface area contributed by atoms with Crippen molar-refractivity contribution in [1.82, 2.24) is 19.9 Å². The van der Waals surface area contributed by atoms with Gasteiger partial charge in [0.2, 0.25) is 5.82 Å². The Balaban J connectivity index is 1.44. The maximum atomic E-state index is 12.0. The molecule has 1 fully saturated rings. The van der Waals surface area contributed by atoms with E-state index in [9.17, 15) is 9.59 Å². The minimum atomic E-state index is -0.396. The fourth-order valence-electron chi connectivity index (χ4n) is 2.92. The van der Waals surface area contributed by atoms with Gasteiger partial charge in [0.15, 0.2) is 0 Å². The van der Waals surface area contributed by atoms with E-state index >= 15 is 0 Å². The van der Waals surface area contributed by atoms with E-state index in [1.54, 1.807) is 25.6 Å². The van der Waals surface area contributed by atoms with Crippen LogP contribution in [0.2, 0.25) is 0 Å². The monoisotopic (exact) mass is 342 g/mol. The van der Waals surface area contributed by atoms with Gasteiger partial charge >= 0.3 is 6.03 Å². The van der Waals surface area contributed by atoms with E-state index in [0.717, 1.165) is 25.9 Å². The van der Waals surface area contributed by atoms with Crippen LogP contribution in [-0.4, -0.2) is 40.2 Å². The fraction of sp³-hybridized carbons (Fsp3) is 0.412. The molecule has 8 nitrogen and oxygen atoms in total. The Hall–Kier alpha value is -2.90. The second kappa shape index (κ2) is 7.78. The maximum Gasteiger partial charge on any atom is 0.320 e. The number of carbonyl (C=O) groups is 1. The first-order valence-electron chi connectivity index (χ1n) is 8.35. The maximum absolute atomic E-state index is 12.0. The lowest BCUT2D eigenvalue weighted by molar-refractivity contribution is 0.248. The summed E-state index contributed by atoms with van der Waals surface area (Å²) in [5.74, 6) is 0.463. The van der Waals surface area contributed by atoms with Gasteiger partial charge in [-0.05, 0) is 30.9 Å². The summed E-state index contributed by atoms with van der Waals surface area (Å²) in [6.45, 7) is 2.50. The minimum Gasteiger partial charge on any atom is -0.371 e. The van der Waals surface area contributed by atoms with Crippen LogP contribution in [0.15, 0.2) is 41.7 Å². The van der Waals surface area contributed by atoms with Crippen LogP contribution >= 0.6 is 0 Å². The third-order valence-electron chi connectivity index (χ3n) is 4.44. The number of hydrogen-bond acceptors (Lipinski definition) is 5. The van der Waals surface area contributed by atoms with Crippen molar-refractivity contribution in [2.24, 2.45) is 13.0 Å². The standard InChI is InChI=1S/C17H22N6O2/c1-22-11-8-19-15(16(22)24)21-17(25)20-12-13-4-9-23(10-5-13)14-2-6-18-7-3-14/h2-3,6-8,11,13H,4-5,9-10,12H2,1H3,(H2,19,20,21,25).